The molecule has 4 heteroatoms. The van der Waals surface area contributed by atoms with Gasteiger partial charge < -0.3 is 4.90 Å². The van der Waals surface area contributed by atoms with Crippen LogP contribution in [0.1, 0.15) is 5.56 Å². The quantitative estimate of drug-likeness (QED) is 0.641. The molecule has 0 unspecified atom stereocenters. The van der Waals surface area contributed by atoms with Gasteiger partial charge in [-0.1, -0.05) is 18.2 Å². The zero-order chi connectivity index (χ0) is 14.8. The number of para-hydroxylation sites is 1. The molecule has 0 bridgehead atoms. The summed E-state index contributed by atoms with van der Waals surface area (Å²) >= 11 is 6.05. The summed E-state index contributed by atoms with van der Waals surface area (Å²) in [6.07, 6.45) is 0. The fourth-order valence-electron chi connectivity index (χ4n) is 2.31. The summed E-state index contributed by atoms with van der Waals surface area (Å²) in [7, 11) is 1.91. The average Bonchev–Trinajstić information content (AvgIpc) is 2.53. The molecule has 0 saturated carbocycles. The Hall–Kier alpha value is -2.13. The molecule has 2 nitrogen and oxygen atoms in total. The van der Waals surface area contributed by atoms with E-state index in [0.717, 1.165) is 28.0 Å². The Kier molecular flexibility index (Phi) is 3.76. The number of aromatic nitrogens is 1. The summed E-state index contributed by atoms with van der Waals surface area (Å²) in [6.45, 7) is 0. The summed E-state index contributed by atoms with van der Waals surface area (Å²) in [5, 5.41) is 1.06. The molecule has 2 aromatic carbocycles. The van der Waals surface area contributed by atoms with Crippen LogP contribution in [0, 0.1) is 5.82 Å². The Balaban J connectivity index is 2.09. The third kappa shape index (κ3) is 2.69. The van der Waals surface area contributed by atoms with Crippen LogP contribution in [-0.2, 0) is 5.88 Å². The highest BCUT2D eigenvalue weighted by molar-refractivity contribution is 6.18. The van der Waals surface area contributed by atoms with E-state index in [2.05, 4.69) is 4.98 Å². The third-order valence-corrected chi connectivity index (χ3v) is 3.78. The van der Waals surface area contributed by atoms with Gasteiger partial charge in [0, 0.05) is 24.0 Å². The van der Waals surface area contributed by atoms with E-state index in [0.29, 0.717) is 5.88 Å². The molecule has 0 atom stereocenters. The van der Waals surface area contributed by atoms with Gasteiger partial charge in [-0.05, 0) is 42.0 Å². The van der Waals surface area contributed by atoms with Crippen LogP contribution in [0.2, 0.25) is 0 Å². The number of anilines is 2. The fraction of sp³-hybridized carbons (Fsp3) is 0.118. The molecule has 3 aromatic rings. The lowest BCUT2D eigenvalue weighted by molar-refractivity contribution is 0.628. The molecule has 1 heterocycles. The van der Waals surface area contributed by atoms with E-state index in [1.807, 2.05) is 42.3 Å². The predicted octanol–water partition coefficient (Wildman–Crippen LogP) is 4.88. The molecule has 0 spiro atoms. The van der Waals surface area contributed by atoms with Crippen LogP contribution >= 0.6 is 11.6 Å². The molecule has 0 amide bonds. The van der Waals surface area contributed by atoms with E-state index in [-0.39, 0.29) is 5.82 Å². The molecule has 3 rings (SSSR count). The fourth-order valence-corrected chi connectivity index (χ4v) is 2.53. The summed E-state index contributed by atoms with van der Waals surface area (Å²) in [5.74, 6) is 0.962. The minimum absolute atomic E-state index is 0.250. The highest BCUT2D eigenvalue weighted by Gasteiger charge is 2.10. The standard InChI is InChI=1S/C17H14ClFN2/c1-21(14-8-6-13(19)7-9-14)17-10-12(11-18)15-4-2-3-5-16(15)20-17/h2-10H,11H2,1H3. The summed E-state index contributed by atoms with van der Waals surface area (Å²) < 4.78 is 13.0. The lowest BCUT2D eigenvalue weighted by Gasteiger charge is -2.20. The zero-order valence-corrected chi connectivity index (χ0v) is 12.3. The lowest BCUT2D eigenvalue weighted by atomic mass is 10.1. The molecular weight excluding hydrogens is 287 g/mol. The van der Waals surface area contributed by atoms with Gasteiger partial charge in [-0.15, -0.1) is 11.6 Å². The monoisotopic (exact) mass is 300 g/mol. The van der Waals surface area contributed by atoms with Crippen LogP contribution in [0.25, 0.3) is 10.9 Å². The molecule has 0 aliphatic heterocycles. The van der Waals surface area contributed by atoms with E-state index in [1.54, 1.807) is 12.1 Å². The number of hydrogen-bond donors (Lipinski definition) is 0. The van der Waals surface area contributed by atoms with E-state index in [1.165, 1.54) is 12.1 Å². The summed E-state index contributed by atoms with van der Waals surface area (Å²) in [5.41, 5.74) is 2.81. The van der Waals surface area contributed by atoms with Crippen molar-refractivity contribution >= 4 is 34.0 Å². The summed E-state index contributed by atoms with van der Waals surface area (Å²) in [6, 6.07) is 16.2. The van der Waals surface area contributed by atoms with Crippen molar-refractivity contribution in [1.29, 1.82) is 0 Å². The van der Waals surface area contributed by atoms with Crippen molar-refractivity contribution in [3.8, 4) is 0 Å². The highest BCUT2D eigenvalue weighted by atomic mass is 35.5. The van der Waals surface area contributed by atoms with Crippen LogP contribution in [0.3, 0.4) is 0 Å². The van der Waals surface area contributed by atoms with Gasteiger partial charge in [-0.2, -0.15) is 0 Å². The number of nitrogens with zero attached hydrogens (tertiary/aromatic N) is 2. The molecule has 0 fully saturated rings. The highest BCUT2D eigenvalue weighted by Crippen LogP contribution is 2.27. The first-order chi connectivity index (χ1) is 10.2. The molecule has 106 valence electrons. The van der Waals surface area contributed by atoms with E-state index >= 15 is 0 Å². The first-order valence-corrected chi connectivity index (χ1v) is 7.16. The van der Waals surface area contributed by atoms with Crippen molar-refractivity contribution in [2.75, 3.05) is 11.9 Å². The maximum atomic E-state index is 13.0. The molecule has 1 aromatic heterocycles. The number of rotatable bonds is 3. The first kappa shape index (κ1) is 13.8. The van der Waals surface area contributed by atoms with Crippen LogP contribution in [0.15, 0.2) is 54.6 Å². The first-order valence-electron chi connectivity index (χ1n) is 6.63. The largest absolute Gasteiger partial charge is 0.329 e. The third-order valence-electron chi connectivity index (χ3n) is 3.49. The van der Waals surface area contributed by atoms with Crippen LogP contribution in [0.4, 0.5) is 15.9 Å². The maximum Gasteiger partial charge on any atom is 0.133 e. The molecule has 21 heavy (non-hydrogen) atoms. The van der Waals surface area contributed by atoms with E-state index < -0.39 is 0 Å². The number of fused-ring (bicyclic) bond motifs is 1. The Morgan fingerprint density at radius 2 is 1.81 bits per heavy atom. The van der Waals surface area contributed by atoms with Gasteiger partial charge in [0.05, 0.1) is 5.52 Å². The molecular formula is C17H14ClFN2. The number of halogens is 2. The van der Waals surface area contributed by atoms with Crippen molar-refractivity contribution in [2.24, 2.45) is 0 Å². The molecule has 0 aliphatic rings. The van der Waals surface area contributed by atoms with Crippen molar-refractivity contribution in [2.45, 2.75) is 5.88 Å². The average molecular weight is 301 g/mol. The van der Waals surface area contributed by atoms with E-state index in [4.69, 9.17) is 11.6 Å². The van der Waals surface area contributed by atoms with Crippen LogP contribution in [0.5, 0.6) is 0 Å². The minimum atomic E-state index is -0.250. The minimum Gasteiger partial charge on any atom is -0.329 e. The van der Waals surface area contributed by atoms with Gasteiger partial charge in [0.2, 0.25) is 0 Å². The Morgan fingerprint density at radius 1 is 1.10 bits per heavy atom. The predicted molar refractivity (Wildman–Crippen MR) is 85.8 cm³/mol. The van der Waals surface area contributed by atoms with Gasteiger partial charge in [-0.3, -0.25) is 0 Å². The molecule has 0 radical (unpaired) electrons. The van der Waals surface area contributed by atoms with Gasteiger partial charge in [0.25, 0.3) is 0 Å². The number of benzene rings is 2. The Labute approximate surface area is 127 Å². The second-order valence-electron chi connectivity index (χ2n) is 4.83. The Bertz CT molecular complexity index is 771. The second kappa shape index (κ2) is 5.70. The van der Waals surface area contributed by atoms with Crippen molar-refractivity contribution < 1.29 is 4.39 Å². The second-order valence-corrected chi connectivity index (χ2v) is 5.09. The van der Waals surface area contributed by atoms with Crippen molar-refractivity contribution in [3.05, 3.63) is 66.0 Å². The SMILES string of the molecule is CN(c1ccc(F)cc1)c1cc(CCl)c2ccccc2n1. The van der Waals surface area contributed by atoms with Crippen molar-refractivity contribution in [3.63, 3.8) is 0 Å². The zero-order valence-electron chi connectivity index (χ0n) is 11.6. The smallest absolute Gasteiger partial charge is 0.133 e. The maximum absolute atomic E-state index is 13.0. The van der Waals surface area contributed by atoms with Crippen LogP contribution < -0.4 is 4.90 Å². The lowest BCUT2D eigenvalue weighted by Crippen LogP contribution is -2.11. The molecule has 0 N–H and O–H groups in total. The topological polar surface area (TPSA) is 16.1 Å². The van der Waals surface area contributed by atoms with Gasteiger partial charge in [0.1, 0.15) is 11.6 Å². The van der Waals surface area contributed by atoms with Gasteiger partial charge >= 0.3 is 0 Å². The summed E-state index contributed by atoms with van der Waals surface area (Å²) in [4.78, 5) is 6.57. The normalized spacial score (nSPS) is 10.8. The van der Waals surface area contributed by atoms with Crippen molar-refractivity contribution in [1.82, 2.24) is 4.98 Å². The number of alkyl halides is 1. The molecule has 0 aliphatic carbocycles. The number of hydrogen-bond acceptors (Lipinski definition) is 2. The number of pyridine rings is 1. The molecule has 0 saturated heterocycles. The van der Waals surface area contributed by atoms with Gasteiger partial charge in [0.15, 0.2) is 0 Å². The van der Waals surface area contributed by atoms with Gasteiger partial charge in [-0.25, -0.2) is 9.37 Å². The van der Waals surface area contributed by atoms with E-state index in [9.17, 15) is 4.39 Å². The van der Waals surface area contributed by atoms with Crippen LogP contribution in [-0.4, -0.2) is 12.0 Å². The Morgan fingerprint density at radius 3 is 2.52 bits per heavy atom.